The van der Waals surface area contributed by atoms with Gasteiger partial charge in [-0.2, -0.15) is 0 Å². The summed E-state index contributed by atoms with van der Waals surface area (Å²) in [6, 6.07) is 0. The summed E-state index contributed by atoms with van der Waals surface area (Å²) in [4.78, 5) is 18.4. The largest absolute Gasteiger partial charge is 0.478 e. The molecule has 0 fully saturated rings. The van der Waals surface area contributed by atoms with Crippen LogP contribution in [0.4, 0.5) is 0 Å². The molecule has 5 nitrogen and oxygen atoms in total. The van der Waals surface area contributed by atoms with Crippen molar-refractivity contribution in [3.05, 3.63) is 23.8 Å². The highest BCUT2D eigenvalue weighted by atomic mass is 16.5. The average molecular weight is 224 g/mol. The molecule has 0 spiro atoms. The molecule has 0 bridgehead atoms. The minimum atomic E-state index is -1.02. The van der Waals surface area contributed by atoms with Crippen molar-refractivity contribution in [3.63, 3.8) is 0 Å². The van der Waals surface area contributed by atoms with Gasteiger partial charge in [0.25, 0.3) is 0 Å². The van der Waals surface area contributed by atoms with Gasteiger partial charge in [0.1, 0.15) is 11.9 Å². The number of nitrogens with zero attached hydrogens (tertiary/aromatic N) is 2. The second kappa shape index (κ2) is 6.90. The molecule has 0 aromatic carbocycles. The first-order valence-electron chi connectivity index (χ1n) is 5.35. The monoisotopic (exact) mass is 224 g/mol. The quantitative estimate of drug-likeness (QED) is 0.716. The van der Waals surface area contributed by atoms with Gasteiger partial charge in [0.2, 0.25) is 0 Å². The molecule has 0 aliphatic rings. The van der Waals surface area contributed by atoms with Crippen molar-refractivity contribution in [3.8, 4) is 0 Å². The number of aromatic nitrogens is 2. The number of carboxylic acids is 1. The minimum Gasteiger partial charge on any atom is -0.478 e. The number of carboxylic acid groups (broad SMARTS) is 1. The molecule has 88 valence electrons. The zero-order valence-electron chi connectivity index (χ0n) is 9.35. The Bertz CT molecular complexity index is 342. The van der Waals surface area contributed by atoms with Gasteiger partial charge in [0.05, 0.1) is 12.3 Å². The highest BCUT2D eigenvalue weighted by Crippen LogP contribution is 2.06. The molecular formula is C11H16N2O3. The molecule has 0 radical (unpaired) electrons. The van der Waals surface area contributed by atoms with Gasteiger partial charge in [-0.1, -0.05) is 19.8 Å². The van der Waals surface area contributed by atoms with Crippen LogP contribution >= 0.6 is 0 Å². The Morgan fingerprint density at radius 3 is 3.00 bits per heavy atom. The fourth-order valence-corrected chi connectivity index (χ4v) is 1.27. The van der Waals surface area contributed by atoms with Crippen LogP contribution in [0, 0.1) is 0 Å². The molecule has 1 aromatic heterocycles. The van der Waals surface area contributed by atoms with Crippen LogP contribution in [0.2, 0.25) is 0 Å². The van der Waals surface area contributed by atoms with Gasteiger partial charge < -0.3 is 9.84 Å². The first-order valence-corrected chi connectivity index (χ1v) is 5.35. The molecule has 0 saturated heterocycles. The molecule has 1 heterocycles. The number of hydrogen-bond acceptors (Lipinski definition) is 4. The fraction of sp³-hybridized carbons (Fsp3) is 0.545. The van der Waals surface area contributed by atoms with E-state index in [1.807, 2.05) is 0 Å². The SMILES string of the molecule is CCCCCOCc1ncncc1C(=O)O. The van der Waals surface area contributed by atoms with Gasteiger partial charge in [-0.15, -0.1) is 0 Å². The highest BCUT2D eigenvalue weighted by Gasteiger charge is 2.10. The second-order valence-electron chi connectivity index (χ2n) is 3.45. The number of rotatable bonds is 7. The van der Waals surface area contributed by atoms with Crippen molar-refractivity contribution >= 4 is 5.97 Å². The Balaban J connectivity index is 2.44. The van der Waals surface area contributed by atoms with E-state index in [9.17, 15) is 4.79 Å². The summed E-state index contributed by atoms with van der Waals surface area (Å²) in [6.45, 7) is 2.98. The molecule has 1 aromatic rings. The lowest BCUT2D eigenvalue weighted by Crippen LogP contribution is -2.07. The first kappa shape index (κ1) is 12.6. The number of unbranched alkanes of at least 4 members (excludes halogenated alkanes) is 2. The maximum Gasteiger partial charge on any atom is 0.339 e. The Kier molecular flexibility index (Phi) is 5.42. The van der Waals surface area contributed by atoms with E-state index in [0.717, 1.165) is 19.3 Å². The summed E-state index contributed by atoms with van der Waals surface area (Å²) >= 11 is 0. The Morgan fingerprint density at radius 2 is 2.31 bits per heavy atom. The third-order valence-corrected chi connectivity index (χ3v) is 2.16. The summed E-state index contributed by atoms with van der Waals surface area (Å²) in [7, 11) is 0. The smallest absolute Gasteiger partial charge is 0.339 e. The summed E-state index contributed by atoms with van der Waals surface area (Å²) < 4.78 is 5.36. The van der Waals surface area contributed by atoms with Gasteiger partial charge >= 0.3 is 5.97 Å². The molecule has 5 heteroatoms. The molecular weight excluding hydrogens is 208 g/mol. The molecule has 0 amide bonds. The minimum absolute atomic E-state index is 0.109. The zero-order valence-corrected chi connectivity index (χ0v) is 9.35. The number of hydrogen-bond donors (Lipinski definition) is 1. The number of ether oxygens (including phenoxy) is 1. The molecule has 0 unspecified atom stereocenters. The van der Waals surface area contributed by atoms with Crippen LogP contribution in [-0.4, -0.2) is 27.7 Å². The van der Waals surface area contributed by atoms with E-state index in [2.05, 4.69) is 16.9 Å². The highest BCUT2D eigenvalue weighted by molar-refractivity contribution is 5.88. The molecule has 0 saturated carbocycles. The van der Waals surface area contributed by atoms with Gasteiger partial charge in [-0.05, 0) is 6.42 Å². The van der Waals surface area contributed by atoms with E-state index in [4.69, 9.17) is 9.84 Å². The van der Waals surface area contributed by atoms with E-state index in [0.29, 0.717) is 12.3 Å². The van der Waals surface area contributed by atoms with Gasteiger partial charge in [-0.25, -0.2) is 14.8 Å². The van der Waals surface area contributed by atoms with E-state index >= 15 is 0 Å². The fourth-order valence-electron chi connectivity index (χ4n) is 1.27. The topological polar surface area (TPSA) is 72.3 Å². The van der Waals surface area contributed by atoms with Gasteiger partial charge in [0.15, 0.2) is 0 Å². The maximum atomic E-state index is 10.8. The molecule has 1 N–H and O–H groups in total. The van der Waals surface area contributed by atoms with E-state index in [1.165, 1.54) is 12.5 Å². The normalized spacial score (nSPS) is 10.3. The van der Waals surface area contributed by atoms with Crippen LogP contribution in [0.3, 0.4) is 0 Å². The van der Waals surface area contributed by atoms with Crippen molar-refractivity contribution in [2.75, 3.05) is 6.61 Å². The molecule has 1 rings (SSSR count). The number of aromatic carboxylic acids is 1. The standard InChI is InChI=1S/C11H16N2O3/c1-2-3-4-5-16-7-10-9(11(14)15)6-12-8-13-10/h6,8H,2-5,7H2,1H3,(H,14,15). The summed E-state index contributed by atoms with van der Waals surface area (Å²) in [5, 5.41) is 8.87. The summed E-state index contributed by atoms with van der Waals surface area (Å²) in [6.07, 6.45) is 5.87. The molecule has 0 atom stereocenters. The third kappa shape index (κ3) is 3.94. The van der Waals surface area contributed by atoms with Crippen LogP contribution in [0.1, 0.15) is 42.2 Å². The zero-order chi connectivity index (χ0) is 11.8. The predicted molar refractivity (Wildman–Crippen MR) is 58.2 cm³/mol. The Labute approximate surface area is 94.5 Å². The molecule has 0 aliphatic carbocycles. The van der Waals surface area contributed by atoms with Crippen molar-refractivity contribution < 1.29 is 14.6 Å². The lowest BCUT2D eigenvalue weighted by atomic mass is 10.2. The lowest BCUT2D eigenvalue weighted by molar-refractivity contribution is 0.0684. The van der Waals surface area contributed by atoms with Crippen LogP contribution in [0.15, 0.2) is 12.5 Å². The lowest BCUT2D eigenvalue weighted by Gasteiger charge is -2.05. The predicted octanol–water partition coefficient (Wildman–Crippen LogP) is 1.88. The van der Waals surface area contributed by atoms with Crippen LogP contribution in [-0.2, 0) is 11.3 Å². The van der Waals surface area contributed by atoms with Crippen LogP contribution in [0.25, 0.3) is 0 Å². The average Bonchev–Trinajstić information content (AvgIpc) is 2.29. The van der Waals surface area contributed by atoms with Crippen molar-refractivity contribution in [2.24, 2.45) is 0 Å². The van der Waals surface area contributed by atoms with Gasteiger partial charge in [0, 0.05) is 12.8 Å². The number of carbonyl (C=O) groups is 1. The van der Waals surface area contributed by atoms with Crippen LogP contribution < -0.4 is 0 Å². The molecule has 16 heavy (non-hydrogen) atoms. The van der Waals surface area contributed by atoms with Gasteiger partial charge in [-0.3, -0.25) is 0 Å². The van der Waals surface area contributed by atoms with E-state index in [1.54, 1.807) is 0 Å². The van der Waals surface area contributed by atoms with Crippen molar-refractivity contribution in [1.29, 1.82) is 0 Å². The second-order valence-corrected chi connectivity index (χ2v) is 3.45. The third-order valence-electron chi connectivity index (χ3n) is 2.16. The van der Waals surface area contributed by atoms with E-state index in [-0.39, 0.29) is 12.2 Å². The van der Waals surface area contributed by atoms with Crippen LogP contribution in [0.5, 0.6) is 0 Å². The van der Waals surface area contributed by atoms with Crippen molar-refractivity contribution in [2.45, 2.75) is 32.8 Å². The van der Waals surface area contributed by atoms with Crippen molar-refractivity contribution in [1.82, 2.24) is 9.97 Å². The first-order chi connectivity index (χ1) is 7.75. The molecule has 0 aliphatic heterocycles. The summed E-state index contributed by atoms with van der Waals surface area (Å²) in [5.41, 5.74) is 0.539. The Hall–Kier alpha value is -1.49. The maximum absolute atomic E-state index is 10.8. The van der Waals surface area contributed by atoms with E-state index < -0.39 is 5.97 Å². The Morgan fingerprint density at radius 1 is 1.50 bits per heavy atom. The summed E-state index contributed by atoms with van der Waals surface area (Å²) in [5.74, 6) is -1.02.